The van der Waals surface area contributed by atoms with Crippen molar-refractivity contribution in [1.82, 2.24) is 15.1 Å². The first-order valence-corrected chi connectivity index (χ1v) is 8.20. The van der Waals surface area contributed by atoms with Crippen LogP contribution in [0.4, 0.5) is 0 Å². The first-order chi connectivity index (χ1) is 9.47. The Kier molecular flexibility index (Phi) is 11.4. The smallest absolute Gasteiger partial charge is 0.0610 e. The molecule has 0 radical (unpaired) electrons. The molecule has 0 bridgehead atoms. The Labute approximate surface area is 126 Å². The van der Waals surface area contributed by atoms with Gasteiger partial charge >= 0.3 is 0 Å². The molecule has 0 rings (SSSR count). The van der Waals surface area contributed by atoms with Crippen LogP contribution in [0.1, 0.15) is 46.5 Å². The fourth-order valence-electron chi connectivity index (χ4n) is 2.38. The van der Waals surface area contributed by atoms with Crippen molar-refractivity contribution in [3.63, 3.8) is 0 Å². The van der Waals surface area contributed by atoms with Crippen LogP contribution >= 0.6 is 0 Å². The van der Waals surface area contributed by atoms with E-state index in [9.17, 15) is 5.11 Å². The van der Waals surface area contributed by atoms with Gasteiger partial charge in [0.15, 0.2) is 0 Å². The molecule has 0 aliphatic rings. The molecule has 0 amide bonds. The second-order valence-corrected chi connectivity index (χ2v) is 6.34. The van der Waals surface area contributed by atoms with Gasteiger partial charge in [0.05, 0.1) is 6.61 Å². The van der Waals surface area contributed by atoms with Crippen LogP contribution in [0, 0.1) is 0 Å². The summed E-state index contributed by atoms with van der Waals surface area (Å²) in [4.78, 5) is 4.76. The molecule has 0 saturated carbocycles. The average molecular weight is 287 g/mol. The van der Waals surface area contributed by atoms with E-state index in [0.717, 1.165) is 45.4 Å². The van der Waals surface area contributed by atoms with E-state index in [4.69, 9.17) is 0 Å². The molecule has 4 nitrogen and oxygen atoms in total. The third-order valence-corrected chi connectivity index (χ3v) is 3.88. The van der Waals surface area contributed by atoms with Crippen LogP contribution in [-0.2, 0) is 0 Å². The molecule has 122 valence electrons. The molecular formula is C16H37N3O. The number of nitrogens with zero attached hydrogens (tertiary/aromatic N) is 2. The van der Waals surface area contributed by atoms with Crippen molar-refractivity contribution in [3.8, 4) is 0 Å². The van der Waals surface area contributed by atoms with E-state index in [1.54, 1.807) is 0 Å². The maximum atomic E-state index is 9.56. The molecule has 4 heteroatoms. The van der Waals surface area contributed by atoms with Gasteiger partial charge in [-0.05, 0) is 79.4 Å². The molecule has 0 spiro atoms. The number of nitrogens with one attached hydrogen (secondary N) is 1. The van der Waals surface area contributed by atoms with E-state index in [1.165, 1.54) is 13.0 Å². The van der Waals surface area contributed by atoms with Crippen molar-refractivity contribution in [2.75, 3.05) is 53.4 Å². The van der Waals surface area contributed by atoms with Crippen molar-refractivity contribution in [1.29, 1.82) is 0 Å². The summed E-state index contributed by atoms with van der Waals surface area (Å²) in [6.45, 7) is 12.3. The van der Waals surface area contributed by atoms with Gasteiger partial charge in [0, 0.05) is 5.54 Å². The number of aliphatic hydroxyl groups excluding tert-OH is 1. The highest BCUT2D eigenvalue weighted by atomic mass is 16.3. The van der Waals surface area contributed by atoms with E-state index >= 15 is 0 Å². The van der Waals surface area contributed by atoms with E-state index in [1.807, 2.05) is 0 Å². The molecule has 20 heavy (non-hydrogen) atoms. The molecule has 0 saturated heterocycles. The highest BCUT2D eigenvalue weighted by Gasteiger charge is 2.21. The molecule has 1 unspecified atom stereocenters. The second-order valence-electron chi connectivity index (χ2n) is 6.34. The first kappa shape index (κ1) is 19.8. The van der Waals surface area contributed by atoms with Gasteiger partial charge in [-0.1, -0.05) is 13.8 Å². The Morgan fingerprint density at radius 2 is 1.70 bits per heavy atom. The maximum Gasteiger partial charge on any atom is 0.0610 e. The maximum absolute atomic E-state index is 9.56. The van der Waals surface area contributed by atoms with Gasteiger partial charge in [-0.3, -0.25) is 0 Å². The zero-order valence-corrected chi connectivity index (χ0v) is 14.4. The highest BCUT2D eigenvalue weighted by molar-refractivity contribution is 4.82. The number of rotatable bonds is 13. The summed E-state index contributed by atoms with van der Waals surface area (Å²) in [5.74, 6) is 0. The lowest BCUT2D eigenvalue weighted by atomic mass is 9.96. The van der Waals surface area contributed by atoms with Gasteiger partial charge in [0.25, 0.3) is 0 Å². The van der Waals surface area contributed by atoms with E-state index in [0.29, 0.717) is 0 Å². The third kappa shape index (κ3) is 9.70. The first-order valence-electron chi connectivity index (χ1n) is 8.20. The van der Waals surface area contributed by atoms with Crippen molar-refractivity contribution >= 4 is 0 Å². The monoisotopic (exact) mass is 287 g/mol. The van der Waals surface area contributed by atoms with Crippen LogP contribution in [0.25, 0.3) is 0 Å². The van der Waals surface area contributed by atoms with Crippen LogP contribution in [0.2, 0.25) is 0 Å². The summed E-state index contributed by atoms with van der Waals surface area (Å²) in [6, 6.07) is 0. The van der Waals surface area contributed by atoms with Crippen molar-refractivity contribution in [2.45, 2.75) is 52.0 Å². The highest BCUT2D eigenvalue weighted by Crippen LogP contribution is 2.12. The summed E-state index contributed by atoms with van der Waals surface area (Å²) in [7, 11) is 4.25. The van der Waals surface area contributed by atoms with E-state index in [2.05, 4.69) is 50.0 Å². The van der Waals surface area contributed by atoms with E-state index in [-0.39, 0.29) is 12.1 Å². The zero-order chi connectivity index (χ0) is 15.4. The molecule has 2 N–H and O–H groups in total. The Morgan fingerprint density at radius 1 is 1.05 bits per heavy atom. The van der Waals surface area contributed by atoms with Crippen LogP contribution in [0.5, 0.6) is 0 Å². The number of aliphatic hydroxyl groups is 1. The SMILES string of the molecule is CCCNC(C)(CO)CCCN(CC)CCCN(C)C. The van der Waals surface area contributed by atoms with Gasteiger partial charge in [-0.2, -0.15) is 0 Å². The minimum atomic E-state index is -0.112. The Hall–Kier alpha value is -0.160. The summed E-state index contributed by atoms with van der Waals surface area (Å²) in [5, 5.41) is 13.0. The number of hydrogen-bond acceptors (Lipinski definition) is 4. The fraction of sp³-hybridized carbons (Fsp3) is 1.00. The summed E-state index contributed by atoms with van der Waals surface area (Å²) in [6.07, 6.45) is 4.52. The Bertz CT molecular complexity index is 224. The Morgan fingerprint density at radius 3 is 2.20 bits per heavy atom. The molecule has 0 aliphatic carbocycles. The lowest BCUT2D eigenvalue weighted by Crippen LogP contribution is -2.46. The lowest BCUT2D eigenvalue weighted by molar-refractivity contribution is 0.156. The fourth-order valence-corrected chi connectivity index (χ4v) is 2.38. The molecule has 0 aliphatic heterocycles. The largest absolute Gasteiger partial charge is 0.394 e. The minimum absolute atomic E-state index is 0.112. The quantitative estimate of drug-likeness (QED) is 0.542. The molecule has 0 aromatic carbocycles. The van der Waals surface area contributed by atoms with Crippen molar-refractivity contribution in [2.24, 2.45) is 0 Å². The molecule has 1 atom stereocenters. The summed E-state index contributed by atoms with van der Waals surface area (Å²) >= 11 is 0. The van der Waals surface area contributed by atoms with Gasteiger partial charge in [-0.25, -0.2) is 0 Å². The van der Waals surface area contributed by atoms with Crippen LogP contribution < -0.4 is 5.32 Å². The standard InChI is InChI=1S/C16H37N3O/c1-6-11-17-16(3,15-20)10-8-13-19(7-2)14-9-12-18(4)5/h17,20H,6-15H2,1-5H3. The average Bonchev–Trinajstić information content (AvgIpc) is 2.43. The van der Waals surface area contributed by atoms with Crippen LogP contribution in [0.3, 0.4) is 0 Å². The van der Waals surface area contributed by atoms with Gasteiger partial charge < -0.3 is 20.2 Å². The molecule has 0 fully saturated rings. The normalized spacial score (nSPS) is 15.0. The minimum Gasteiger partial charge on any atom is -0.394 e. The molecular weight excluding hydrogens is 250 g/mol. The second kappa shape index (κ2) is 11.5. The third-order valence-electron chi connectivity index (χ3n) is 3.88. The molecule has 0 aromatic heterocycles. The summed E-state index contributed by atoms with van der Waals surface area (Å²) in [5.41, 5.74) is -0.112. The zero-order valence-electron chi connectivity index (χ0n) is 14.4. The van der Waals surface area contributed by atoms with Gasteiger partial charge in [-0.15, -0.1) is 0 Å². The lowest BCUT2D eigenvalue weighted by Gasteiger charge is -2.30. The van der Waals surface area contributed by atoms with Crippen molar-refractivity contribution in [3.05, 3.63) is 0 Å². The predicted octanol–water partition coefficient (Wildman–Crippen LogP) is 1.79. The number of hydrogen-bond donors (Lipinski definition) is 2. The van der Waals surface area contributed by atoms with Crippen molar-refractivity contribution < 1.29 is 5.11 Å². The summed E-state index contributed by atoms with van der Waals surface area (Å²) < 4.78 is 0. The molecule has 0 heterocycles. The van der Waals surface area contributed by atoms with Gasteiger partial charge in [0.1, 0.15) is 0 Å². The van der Waals surface area contributed by atoms with Crippen LogP contribution in [0.15, 0.2) is 0 Å². The molecule has 0 aromatic rings. The topological polar surface area (TPSA) is 38.7 Å². The van der Waals surface area contributed by atoms with Crippen LogP contribution in [-0.4, -0.2) is 73.9 Å². The van der Waals surface area contributed by atoms with Gasteiger partial charge in [0.2, 0.25) is 0 Å². The van der Waals surface area contributed by atoms with E-state index < -0.39 is 0 Å². The predicted molar refractivity (Wildman–Crippen MR) is 88.3 cm³/mol. The Balaban J connectivity index is 3.91.